The van der Waals surface area contributed by atoms with E-state index in [4.69, 9.17) is 10.5 Å². The van der Waals surface area contributed by atoms with E-state index in [0.29, 0.717) is 25.4 Å². The van der Waals surface area contributed by atoms with E-state index in [1.54, 1.807) is 10.4 Å². The van der Waals surface area contributed by atoms with Gasteiger partial charge in [-0.15, -0.1) is 12.4 Å². The van der Waals surface area contributed by atoms with Crippen LogP contribution in [0.15, 0.2) is 47.4 Å². The lowest BCUT2D eigenvalue weighted by Crippen LogP contribution is -2.30. The van der Waals surface area contributed by atoms with Gasteiger partial charge in [0.25, 0.3) is 0 Å². The zero-order valence-electron chi connectivity index (χ0n) is 15.9. The number of benzene rings is 2. The number of nitrogens with two attached hydrogens (primary N) is 1. The normalized spacial score (nSPS) is 20.3. The minimum absolute atomic E-state index is 0. The summed E-state index contributed by atoms with van der Waals surface area (Å²) in [4.78, 5) is 0.238. The Morgan fingerprint density at radius 3 is 2.41 bits per heavy atom. The largest absolute Gasteiger partial charge is 0.495 e. The molecule has 5 nitrogen and oxygen atoms in total. The van der Waals surface area contributed by atoms with Crippen molar-refractivity contribution in [2.45, 2.75) is 24.7 Å². The predicted octanol–water partition coefficient (Wildman–Crippen LogP) is 3.10. The molecule has 0 spiro atoms. The number of sulfonamides is 1. The third kappa shape index (κ3) is 4.14. The van der Waals surface area contributed by atoms with Gasteiger partial charge in [-0.05, 0) is 49.1 Å². The average molecular weight is 411 g/mol. The summed E-state index contributed by atoms with van der Waals surface area (Å²) in [5.41, 5.74) is 8.82. The highest BCUT2D eigenvalue weighted by Crippen LogP contribution is 2.38. The third-order valence-electron chi connectivity index (χ3n) is 5.14. The highest BCUT2D eigenvalue weighted by molar-refractivity contribution is 7.89. The molecule has 0 aromatic heterocycles. The van der Waals surface area contributed by atoms with Crippen molar-refractivity contribution in [2.75, 3.05) is 26.7 Å². The summed E-state index contributed by atoms with van der Waals surface area (Å²) < 4.78 is 33.7. The number of halogens is 1. The molecule has 0 unspecified atom stereocenters. The lowest BCUT2D eigenvalue weighted by molar-refractivity contribution is 0.394. The van der Waals surface area contributed by atoms with Gasteiger partial charge < -0.3 is 10.5 Å². The maximum Gasteiger partial charge on any atom is 0.246 e. The van der Waals surface area contributed by atoms with Gasteiger partial charge in [-0.3, -0.25) is 0 Å². The Balaban J connectivity index is 0.00000261. The van der Waals surface area contributed by atoms with Crippen LogP contribution in [-0.4, -0.2) is 39.5 Å². The lowest BCUT2D eigenvalue weighted by Gasteiger charge is -2.20. The van der Waals surface area contributed by atoms with Gasteiger partial charge in [0, 0.05) is 19.0 Å². The summed E-state index contributed by atoms with van der Waals surface area (Å²) in [7, 11) is -2.15. The Labute approximate surface area is 168 Å². The topological polar surface area (TPSA) is 72.6 Å². The second-order valence-electron chi connectivity index (χ2n) is 6.95. The Morgan fingerprint density at radius 2 is 1.81 bits per heavy atom. The zero-order valence-corrected chi connectivity index (χ0v) is 17.5. The zero-order chi connectivity index (χ0) is 18.9. The number of hydrogen-bond acceptors (Lipinski definition) is 4. The van der Waals surface area contributed by atoms with Crippen LogP contribution in [0.2, 0.25) is 0 Å². The number of rotatable bonds is 5. The first-order valence-corrected chi connectivity index (χ1v) is 10.2. The molecule has 1 aliphatic rings. The molecule has 0 radical (unpaired) electrons. The maximum atomic E-state index is 13.4. The van der Waals surface area contributed by atoms with Crippen molar-refractivity contribution < 1.29 is 13.2 Å². The minimum atomic E-state index is -3.66. The molecule has 0 saturated carbocycles. The summed E-state index contributed by atoms with van der Waals surface area (Å²) in [5.74, 6) is 0.625. The molecule has 3 rings (SSSR count). The Hall–Kier alpha value is -1.60. The van der Waals surface area contributed by atoms with Gasteiger partial charge in [-0.2, -0.15) is 4.31 Å². The van der Waals surface area contributed by atoms with Crippen molar-refractivity contribution >= 4 is 22.4 Å². The highest BCUT2D eigenvalue weighted by Gasteiger charge is 2.40. The molecule has 7 heteroatoms. The van der Waals surface area contributed by atoms with E-state index < -0.39 is 10.0 Å². The molecular formula is C20H27ClN2O3S. The van der Waals surface area contributed by atoms with E-state index in [0.717, 1.165) is 16.7 Å². The fraction of sp³-hybridized carbons (Fsp3) is 0.400. The van der Waals surface area contributed by atoms with Crippen molar-refractivity contribution in [1.29, 1.82) is 0 Å². The molecule has 0 amide bonds. The second-order valence-corrected chi connectivity index (χ2v) is 8.85. The monoisotopic (exact) mass is 410 g/mol. The predicted molar refractivity (Wildman–Crippen MR) is 110 cm³/mol. The minimum Gasteiger partial charge on any atom is -0.495 e. The van der Waals surface area contributed by atoms with Crippen LogP contribution in [0.25, 0.3) is 0 Å². The van der Waals surface area contributed by atoms with E-state index in [1.807, 2.05) is 50.2 Å². The van der Waals surface area contributed by atoms with Gasteiger partial charge in [-0.25, -0.2) is 8.42 Å². The van der Waals surface area contributed by atoms with Crippen molar-refractivity contribution in [2.24, 2.45) is 11.7 Å². The molecular weight excluding hydrogens is 384 g/mol. The molecule has 1 saturated heterocycles. The summed E-state index contributed by atoms with van der Waals surface area (Å²) in [6, 6.07) is 13.6. The Kier molecular flexibility index (Phi) is 6.92. The van der Waals surface area contributed by atoms with Crippen molar-refractivity contribution in [3.05, 3.63) is 59.2 Å². The van der Waals surface area contributed by atoms with Crippen LogP contribution in [-0.2, 0) is 10.0 Å². The number of hydrogen-bond donors (Lipinski definition) is 1. The van der Waals surface area contributed by atoms with Crippen LogP contribution in [0.4, 0.5) is 0 Å². The molecule has 27 heavy (non-hydrogen) atoms. The molecule has 0 bridgehead atoms. The highest BCUT2D eigenvalue weighted by atomic mass is 35.5. The van der Waals surface area contributed by atoms with E-state index in [9.17, 15) is 8.42 Å². The average Bonchev–Trinajstić information content (AvgIpc) is 3.07. The van der Waals surface area contributed by atoms with Crippen molar-refractivity contribution in [3.63, 3.8) is 0 Å². The third-order valence-corrected chi connectivity index (χ3v) is 6.98. The molecule has 2 aromatic carbocycles. The first-order chi connectivity index (χ1) is 12.4. The van der Waals surface area contributed by atoms with Gasteiger partial charge >= 0.3 is 0 Å². The molecule has 1 aliphatic heterocycles. The SMILES string of the molecule is COc1c(C)cc(C)cc1S(=O)(=O)N1C[C@@H](CN)[C@H](c2ccccc2)C1.Cl. The van der Waals surface area contributed by atoms with Gasteiger partial charge in [0.1, 0.15) is 10.6 Å². The lowest BCUT2D eigenvalue weighted by atomic mass is 9.89. The smallest absolute Gasteiger partial charge is 0.246 e. The van der Waals surface area contributed by atoms with Crippen LogP contribution in [0.5, 0.6) is 5.75 Å². The Morgan fingerprint density at radius 1 is 1.15 bits per heavy atom. The van der Waals surface area contributed by atoms with Gasteiger partial charge in [0.05, 0.1) is 7.11 Å². The van der Waals surface area contributed by atoms with E-state index in [-0.39, 0.29) is 29.1 Å². The number of nitrogens with zero attached hydrogens (tertiary/aromatic N) is 1. The van der Waals surface area contributed by atoms with Crippen LogP contribution in [0, 0.1) is 19.8 Å². The summed E-state index contributed by atoms with van der Waals surface area (Å²) >= 11 is 0. The summed E-state index contributed by atoms with van der Waals surface area (Å²) in [6.07, 6.45) is 0. The molecule has 2 N–H and O–H groups in total. The van der Waals surface area contributed by atoms with Crippen molar-refractivity contribution in [1.82, 2.24) is 4.31 Å². The standard InChI is InChI=1S/C20H26N2O3S.ClH/c1-14-9-15(2)20(25-3)19(10-14)26(23,24)22-12-17(11-21)18(13-22)16-7-5-4-6-8-16;/h4-10,17-18H,11-13,21H2,1-3H3;1H/t17-,18+;/m1./s1. The van der Waals surface area contributed by atoms with Gasteiger partial charge in [-0.1, -0.05) is 36.4 Å². The molecule has 1 fully saturated rings. The van der Waals surface area contributed by atoms with Crippen molar-refractivity contribution in [3.8, 4) is 5.75 Å². The summed E-state index contributed by atoms with van der Waals surface area (Å²) in [5, 5.41) is 0. The van der Waals surface area contributed by atoms with E-state index >= 15 is 0 Å². The van der Waals surface area contributed by atoms with Crippen LogP contribution in [0.3, 0.4) is 0 Å². The van der Waals surface area contributed by atoms with Crippen LogP contribution >= 0.6 is 12.4 Å². The first-order valence-electron chi connectivity index (χ1n) is 8.79. The molecule has 148 valence electrons. The molecule has 2 atom stereocenters. The fourth-order valence-corrected chi connectivity index (χ4v) is 5.69. The molecule has 1 heterocycles. The first kappa shape index (κ1) is 21.7. The quantitative estimate of drug-likeness (QED) is 0.822. The van der Waals surface area contributed by atoms with E-state index in [2.05, 4.69) is 0 Å². The fourth-order valence-electron chi connectivity index (χ4n) is 3.85. The number of methoxy groups -OCH3 is 1. The second kappa shape index (κ2) is 8.61. The number of ether oxygens (including phenoxy) is 1. The summed E-state index contributed by atoms with van der Waals surface area (Å²) in [6.45, 7) is 5.07. The van der Waals surface area contributed by atoms with E-state index in [1.165, 1.54) is 7.11 Å². The van der Waals surface area contributed by atoms with Gasteiger partial charge in [0.15, 0.2) is 0 Å². The maximum absolute atomic E-state index is 13.4. The molecule has 0 aliphatic carbocycles. The Bertz CT molecular complexity index is 888. The molecule has 2 aromatic rings. The van der Waals surface area contributed by atoms with Crippen LogP contribution < -0.4 is 10.5 Å². The number of aryl methyl sites for hydroxylation is 2. The van der Waals surface area contributed by atoms with Gasteiger partial charge in [0.2, 0.25) is 10.0 Å². The van der Waals surface area contributed by atoms with Crippen LogP contribution in [0.1, 0.15) is 22.6 Å².